The summed E-state index contributed by atoms with van der Waals surface area (Å²) in [6.45, 7) is 3.83. The second kappa shape index (κ2) is 4.19. The first kappa shape index (κ1) is 14.4. The summed E-state index contributed by atoms with van der Waals surface area (Å²) in [5.41, 5.74) is 0.497. The maximum atomic E-state index is 10.7. The zero-order valence-electron chi connectivity index (χ0n) is 12.6. The van der Waals surface area contributed by atoms with E-state index in [2.05, 4.69) is 4.98 Å². The van der Waals surface area contributed by atoms with Gasteiger partial charge in [-0.15, -0.1) is 0 Å². The van der Waals surface area contributed by atoms with E-state index in [1.807, 2.05) is 19.9 Å². The number of rotatable bonds is 1. The molecule has 2 bridgehead atoms. The van der Waals surface area contributed by atoms with Gasteiger partial charge in [0, 0.05) is 0 Å². The molecule has 0 spiro atoms. The van der Waals surface area contributed by atoms with Gasteiger partial charge in [-0.2, -0.15) is 5.26 Å². The van der Waals surface area contributed by atoms with Gasteiger partial charge in [0.2, 0.25) is 11.8 Å². The summed E-state index contributed by atoms with van der Waals surface area (Å²) in [5, 5.41) is 30.5. The zero-order valence-corrected chi connectivity index (χ0v) is 13.3. The van der Waals surface area contributed by atoms with Crippen molar-refractivity contribution in [1.29, 1.82) is 5.26 Å². The molecular formula is C16H14ClN3O3. The van der Waals surface area contributed by atoms with Crippen molar-refractivity contribution in [2.75, 3.05) is 0 Å². The molecule has 118 valence electrons. The Kier molecular flexibility index (Phi) is 2.62. The van der Waals surface area contributed by atoms with E-state index in [0.29, 0.717) is 16.8 Å². The topological polar surface area (TPSA) is 91.3 Å². The molecule has 4 rings (SSSR count). The van der Waals surface area contributed by atoms with Crippen LogP contribution in [0.1, 0.15) is 43.5 Å². The third kappa shape index (κ3) is 1.64. The number of ether oxygens (including phenoxy) is 1. The van der Waals surface area contributed by atoms with Crippen LogP contribution in [0.3, 0.4) is 0 Å². The highest BCUT2D eigenvalue weighted by atomic mass is 35.5. The molecule has 4 heterocycles. The van der Waals surface area contributed by atoms with E-state index < -0.39 is 11.2 Å². The van der Waals surface area contributed by atoms with Crippen LogP contribution >= 0.6 is 11.6 Å². The molecule has 0 aliphatic carbocycles. The molecule has 2 aliphatic rings. The van der Waals surface area contributed by atoms with Crippen molar-refractivity contribution in [1.82, 2.24) is 9.55 Å². The number of fused-ring (bicyclic) bond motifs is 5. The molecule has 0 amide bonds. The summed E-state index contributed by atoms with van der Waals surface area (Å²) in [6.07, 6.45) is 2.95. The van der Waals surface area contributed by atoms with Gasteiger partial charge in [-0.25, -0.2) is 9.55 Å². The van der Waals surface area contributed by atoms with E-state index >= 15 is 0 Å². The Balaban J connectivity index is 1.97. The molecule has 2 N–H and O–H groups in total. The summed E-state index contributed by atoms with van der Waals surface area (Å²) < 4.78 is 7.35. The number of hydrogen-bond acceptors (Lipinski definition) is 5. The first-order valence-electron chi connectivity index (χ1n) is 7.24. The maximum absolute atomic E-state index is 10.7. The summed E-state index contributed by atoms with van der Waals surface area (Å²) in [7, 11) is 0. The molecule has 2 aromatic heterocycles. The number of halogens is 1. The van der Waals surface area contributed by atoms with Crippen LogP contribution in [0.4, 0.5) is 0 Å². The van der Waals surface area contributed by atoms with Crippen LogP contribution in [0.2, 0.25) is 5.02 Å². The van der Waals surface area contributed by atoms with Crippen LogP contribution < -0.4 is 0 Å². The van der Waals surface area contributed by atoms with Gasteiger partial charge in [0.25, 0.3) is 0 Å². The predicted molar refractivity (Wildman–Crippen MR) is 81.6 cm³/mol. The average molecular weight is 332 g/mol. The van der Waals surface area contributed by atoms with E-state index in [1.165, 1.54) is 16.8 Å². The Morgan fingerprint density at radius 1 is 1.26 bits per heavy atom. The van der Waals surface area contributed by atoms with Crippen molar-refractivity contribution in [3.05, 3.63) is 34.1 Å². The number of nitrogens with zero attached hydrogens (tertiary/aromatic N) is 3. The van der Waals surface area contributed by atoms with Gasteiger partial charge in [-0.1, -0.05) is 11.6 Å². The molecule has 2 aliphatic heterocycles. The Morgan fingerprint density at radius 3 is 2.30 bits per heavy atom. The normalized spacial score (nSPS) is 27.9. The van der Waals surface area contributed by atoms with Gasteiger partial charge in [0.15, 0.2) is 5.69 Å². The van der Waals surface area contributed by atoms with Crippen LogP contribution in [0.15, 0.2) is 12.3 Å². The molecule has 23 heavy (non-hydrogen) atoms. The van der Waals surface area contributed by atoms with Gasteiger partial charge in [-0.3, -0.25) is 0 Å². The van der Waals surface area contributed by atoms with Crippen molar-refractivity contribution in [3.8, 4) is 23.5 Å². The van der Waals surface area contributed by atoms with E-state index in [0.717, 1.165) is 12.8 Å². The van der Waals surface area contributed by atoms with Gasteiger partial charge in [-0.05, 0) is 32.8 Å². The minimum absolute atomic E-state index is 0.0778. The van der Waals surface area contributed by atoms with Crippen LogP contribution in [0, 0.1) is 11.3 Å². The molecule has 0 saturated carbocycles. The lowest BCUT2D eigenvalue weighted by atomic mass is 9.80. The fourth-order valence-electron chi connectivity index (χ4n) is 3.85. The molecule has 2 aromatic rings. The summed E-state index contributed by atoms with van der Waals surface area (Å²) >= 11 is 6.02. The molecule has 7 heteroatoms. The number of pyridine rings is 1. The average Bonchev–Trinajstić information content (AvgIpc) is 3.04. The molecule has 0 radical (unpaired) electrons. The fraction of sp³-hybridized carbons (Fsp3) is 0.375. The maximum Gasteiger partial charge on any atom is 0.205 e. The first-order valence-corrected chi connectivity index (χ1v) is 7.62. The first-order chi connectivity index (χ1) is 10.8. The third-order valence-corrected chi connectivity index (χ3v) is 5.19. The molecule has 2 atom stereocenters. The van der Waals surface area contributed by atoms with Crippen LogP contribution in [-0.2, 0) is 15.9 Å². The van der Waals surface area contributed by atoms with E-state index in [-0.39, 0.29) is 22.5 Å². The van der Waals surface area contributed by atoms with Crippen molar-refractivity contribution in [2.45, 2.75) is 37.9 Å². The lowest BCUT2D eigenvalue weighted by molar-refractivity contribution is -0.0683. The highest BCUT2D eigenvalue weighted by Crippen LogP contribution is 2.64. The second-order valence-corrected chi connectivity index (χ2v) is 6.84. The van der Waals surface area contributed by atoms with E-state index in [4.69, 9.17) is 21.6 Å². The number of hydrogen-bond donors (Lipinski definition) is 2. The molecule has 6 nitrogen and oxygen atoms in total. The fourth-order valence-corrected chi connectivity index (χ4v) is 4.06. The molecular weight excluding hydrogens is 318 g/mol. The van der Waals surface area contributed by atoms with Crippen LogP contribution in [0.5, 0.6) is 11.8 Å². The molecule has 2 unspecified atom stereocenters. The van der Waals surface area contributed by atoms with E-state index in [1.54, 1.807) is 0 Å². The minimum atomic E-state index is -0.610. The highest BCUT2D eigenvalue weighted by molar-refractivity contribution is 6.31. The Labute approximate surface area is 137 Å². The van der Waals surface area contributed by atoms with Crippen LogP contribution in [-0.4, -0.2) is 19.8 Å². The third-order valence-electron chi connectivity index (χ3n) is 4.90. The molecule has 1 fully saturated rings. The quantitative estimate of drug-likeness (QED) is 0.838. The largest absolute Gasteiger partial charge is 0.494 e. The Morgan fingerprint density at radius 2 is 1.83 bits per heavy atom. The number of aromatic nitrogens is 2. The van der Waals surface area contributed by atoms with Gasteiger partial charge in [0.1, 0.15) is 6.07 Å². The summed E-state index contributed by atoms with van der Waals surface area (Å²) in [4.78, 5) is 3.96. The number of aromatic hydroxyl groups is 2. The zero-order chi connectivity index (χ0) is 16.6. The highest BCUT2D eigenvalue weighted by Gasteiger charge is 2.59. The monoisotopic (exact) mass is 331 g/mol. The van der Waals surface area contributed by atoms with Crippen LogP contribution in [0.25, 0.3) is 5.69 Å². The summed E-state index contributed by atoms with van der Waals surface area (Å²) in [5.74, 6) is -0.156. The number of nitriles is 1. The van der Waals surface area contributed by atoms with Crippen molar-refractivity contribution in [2.24, 2.45) is 0 Å². The SMILES string of the molecule is CC12CCC(C)(O1)c1c2c(O)n(-c2cnc(C#N)c(Cl)c2)c1O. The van der Waals surface area contributed by atoms with Gasteiger partial charge >= 0.3 is 0 Å². The standard InChI is InChI=1S/C16H14ClN3O3/c1-15-3-4-16(2,23-15)12-11(15)13(21)20(14(12)22)8-5-9(17)10(6-18)19-7-8/h5,7,21-22H,3-4H2,1-2H3. The Bertz CT molecular complexity index is 861. The van der Waals surface area contributed by atoms with Gasteiger partial charge in [0.05, 0.1) is 39.2 Å². The molecule has 1 saturated heterocycles. The van der Waals surface area contributed by atoms with Gasteiger partial charge < -0.3 is 14.9 Å². The molecule has 0 aromatic carbocycles. The lowest BCUT2D eigenvalue weighted by Crippen LogP contribution is -2.17. The predicted octanol–water partition coefficient (Wildman–Crippen LogP) is 3.06. The van der Waals surface area contributed by atoms with Crippen molar-refractivity contribution in [3.63, 3.8) is 0 Å². The van der Waals surface area contributed by atoms with Crippen molar-refractivity contribution < 1.29 is 14.9 Å². The second-order valence-electron chi connectivity index (χ2n) is 6.43. The summed E-state index contributed by atoms with van der Waals surface area (Å²) in [6, 6.07) is 3.38. The minimum Gasteiger partial charge on any atom is -0.494 e. The lowest BCUT2D eigenvalue weighted by Gasteiger charge is -2.20. The van der Waals surface area contributed by atoms with Crippen molar-refractivity contribution >= 4 is 11.6 Å². The Hall–Kier alpha value is -2.23. The van der Waals surface area contributed by atoms with E-state index in [9.17, 15) is 10.2 Å². The smallest absolute Gasteiger partial charge is 0.205 e.